The molecule has 0 saturated heterocycles. The Morgan fingerprint density at radius 3 is 2.55 bits per heavy atom. The van der Waals surface area contributed by atoms with E-state index in [9.17, 15) is 22.3 Å². The van der Waals surface area contributed by atoms with Crippen molar-refractivity contribution < 1.29 is 22.3 Å². The number of aliphatic hydroxyl groups is 1. The number of anilines is 2. The van der Waals surface area contributed by atoms with Crippen LogP contribution in [0.3, 0.4) is 0 Å². The Balaban J connectivity index is 1.90. The lowest BCUT2D eigenvalue weighted by Crippen LogP contribution is -2.19. The highest BCUT2D eigenvalue weighted by molar-refractivity contribution is 7.93. The molecule has 1 heterocycles. The number of unbranched alkanes of at least 4 members (excludes halogenated alkanes) is 3. The number of sulfonamides is 1. The molecule has 29 heavy (non-hydrogen) atoms. The Morgan fingerprint density at radius 2 is 1.90 bits per heavy atom. The fourth-order valence-corrected chi connectivity index (χ4v) is 4.93. The standard InChI is InChI=1S/C18H24ClF2N3O3S2/c19-13-9-16(29(26,27)24-18-7-6-17(21)28-18)14(20)10-15(13)23-8-4-2-1-3-5-12(25)11-22/h6-7,9-10,12,23-25H,1-5,8,11,22H2/t12-/m0/s1. The molecule has 11 heteroatoms. The molecule has 2 rings (SSSR count). The number of aliphatic hydroxyl groups excluding tert-OH is 1. The van der Waals surface area contributed by atoms with Crippen molar-refractivity contribution in [2.75, 3.05) is 23.1 Å². The van der Waals surface area contributed by atoms with Gasteiger partial charge in [-0.15, -0.1) is 0 Å². The second kappa shape index (κ2) is 11.1. The summed E-state index contributed by atoms with van der Waals surface area (Å²) in [7, 11) is -4.24. The van der Waals surface area contributed by atoms with Crippen LogP contribution in [-0.2, 0) is 10.0 Å². The molecule has 0 amide bonds. The van der Waals surface area contributed by atoms with Crippen LogP contribution in [0.1, 0.15) is 32.1 Å². The van der Waals surface area contributed by atoms with Crippen molar-refractivity contribution in [1.29, 1.82) is 0 Å². The maximum Gasteiger partial charge on any atom is 0.265 e. The van der Waals surface area contributed by atoms with Crippen LogP contribution in [0.5, 0.6) is 0 Å². The van der Waals surface area contributed by atoms with Crippen LogP contribution in [0, 0.1) is 10.9 Å². The van der Waals surface area contributed by atoms with Gasteiger partial charge in [-0.3, -0.25) is 4.72 Å². The number of halogens is 3. The van der Waals surface area contributed by atoms with E-state index in [-0.39, 0.29) is 16.6 Å². The molecule has 0 aliphatic rings. The van der Waals surface area contributed by atoms with Gasteiger partial charge in [-0.05, 0) is 37.1 Å². The van der Waals surface area contributed by atoms with Gasteiger partial charge in [0.05, 0.1) is 16.8 Å². The normalized spacial score (nSPS) is 12.7. The van der Waals surface area contributed by atoms with Gasteiger partial charge < -0.3 is 16.2 Å². The number of hydrogen-bond donors (Lipinski definition) is 4. The van der Waals surface area contributed by atoms with Crippen molar-refractivity contribution in [2.24, 2.45) is 5.73 Å². The molecular formula is C18H24ClF2N3O3S2. The van der Waals surface area contributed by atoms with Crippen LogP contribution >= 0.6 is 22.9 Å². The van der Waals surface area contributed by atoms with E-state index in [0.29, 0.717) is 30.0 Å². The Labute approximate surface area is 178 Å². The predicted molar refractivity (Wildman–Crippen MR) is 113 cm³/mol. The van der Waals surface area contributed by atoms with Crippen molar-refractivity contribution in [2.45, 2.75) is 43.1 Å². The van der Waals surface area contributed by atoms with E-state index >= 15 is 0 Å². The van der Waals surface area contributed by atoms with Crippen LogP contribution in [0.15, 0.2) is 29.2 Å². The molecule has 5 N–H and O–H groups in total. The summed E-state index contributed by atoms with van der Waals surface area (Å²) >= 11 is 6.71. The fourth-order valence-electron chi connectivity index (χ4n) is 2.63. The number of benzene rings is 1. The Hall–Kier alpha value is -1.46. The smallest absolute Gasteiger partial charge is 0.265 e. The van der Waals surface area contributed by atoms with Crippen LogP contribution in [0.2, 0.25) is 5.02 Å². The van der Waals surface area contributed by atoms with Crippen molar-refractivity contribution in [3.05, 3.63) is 40.2 Å². The second-order valence-electron chi connectivity index (χ2n) is 6.49. The second-order valence-corrected chi connectivity index (χ2v) is 9.58. The molecule has 0 unspecified atom stereocenters. The first-order chi connectivity index (χ1) is 13.7. The van der Waals surface area contributed by atoms with E-state index in [0.717, 1.165) is 43.9 Å². The van der Waals surface area contributed by atoms with Gasteiger partial charge in [0, 0.05) is 13.1 Å². The fraction of sp³-hybridized carbons (Fsp3) is 0.444. The first kappa shape index (κ1) is 23.8. The van der Waals surface area contributed by atoms with E-state index in [1.807, 2.05) is 0 Å². The summed E-state index contributed by atoms with van der Waals surface area (Å²) in [6.07, 6.45) is 3.75. The van der Waals surface area contributed by atoms with Gasteiger partial charge in [0.25, 0.3) is 10.0 Å². The predicted octanol–water partition coefficient (Wildman–Crippen LogP) is 4.16. The monoisotopic (exact) mass is 467 g/mol. The lowest BCUT2D eigenvalue weighted by atomic mass is 10.1. The third kappa shape index (κ3) is 7.38. The molecule has 0 radical (unpaired) electrons. The third-order valence-corrected chi connectivity index (χ3v) is 6.78. The van der Waals surface area contributed by atoms with Crippen LogP contribution in [0.4, 0.5) is 19.5 Å². The highest BCUT2D eigenvalue weighted by Gasteiger charge is 2.22. The minimum atomic E-state index is -4.24. The molecule has 0 bridgehead atoms. The van der Waals surface area contributed by atoms with Gasteiger partial charge in [0.15, 0.2) is 5.13 Å². The minimum Gasteiger partial charge on any atom is -0.392 e. The molecule has 162 valence electrons. The maximum atomic E-state index is 14.4. The van der Waals surface area contributed by atoms with Gasteiger partial charge in [-0.25, -0.2) is 12.8 Å². The molecule has 1 atom stereocenters. The van der Waals surface area contributed by atoms with Crippen LogP contribution in [-0.4, -0.2) is 32.7 Å². The molecular weight excluding hydrogens is 444 g/mol. The first-order valence-corrected chi connectivity index (χ1v) is 11.8. The number of nitrogens with one attached hydrogen (secondary N) is 2. The Kier molecular flexibility index (Phi) is 9.09. The zero-order chi connectivity index (χ0) is 21.4. The van der Waals surface area contributed by atoms with Crippen molar-refractivity contribution in [1.82, 2.24) is 0 Å². The summed E-state index contributed by atoms with van der Waals surface area (Å²) in [5.41, 5.74) is 5.64. The first-order valence-electron chi connectivity index (χ1n) is 9.12. The van der Waals surface area contributed by atoms with Gasteiger partial charge in [0.2, 0.25) is 0 Å². The summed E-state index contributed by atoms with van der Waals surface area (Å²) < 4.78 is 54.3. The average Bonchev–Trinajstić information content (AvgIpc) is 3.06. The van der Waals surface area contributed by atoms with E-state index in [1.165, 1.54) is 6.07 Å². The lowest BCUT2D eigenvalue weighted by molar-refractivity contribution is 0.169. The van der Waals surface area contributed by atoms with Gasteiger partial charge in [-0.2, -0.15) is 4.39 Å². The van der Waals surface area contributed by atoms with Gasteiger partial charge in [0.1, 0.15) is 15.7 Å². The molecule has 0 aliphatic heterocycles. The lowest BCUT2D eigenvalue weighted by Gasteiger charge is -2.12. The van der Waals surface area contributed by atoms with Crippen molar-refractivity contribution in [3.8, 4) is 0 Å². The van der Waals surface area contributed by atoms with Crippen molar-refractivity contribution >= 4 is 43.6 Å². The summed E-state index contributed by atoms with van der Waals surface area (Å²) in [5.74, 6) is -0.961. The molecule has 0 aliphatic carbocycles. The van der Waals surface area contributed by atoms with E-state index in [2.05, 4.69) is 10.0 Å². The number of hydrogen-bond acceptors (Lipinski definition) is 6. The van der Waals surface area contributed by atoms with Crippen LogP contribution in [0.25, 0.3) is 0 Å². The third-order valence-electron chi connectivity index (χ3n) is 4.17. The van der Waals surface area contributed by atoms with Crippen molar-refractivity contribution in [3.63, 3.8) is 0 Å². The zero-order valence-electron chi connectivity index (χ0n) is 15.6. The molecule has 2 aromatic rings. The number of thiophene rings is 1. The number of nitrogens with two attached hydrogens (primary N) is 1. The molecule has 1 aromatic carbocycles. The maximum absolute atomic E-state index is 14.4. The topological polar surface area (TPSA) is 104 Å². The van der Waals surface area contributed by atoms with Gasteiger partial charge in [-0.1, -0.05) is 42.2 Å². The highest BCUT2D eigenvalue weighted by Crippen LogP contribution is 2.30. The van der Waals surface area contributed by atoms with E-state index in [4.69, 9.17) is 17.3 Å². The molecule has 1 aromatic heterocycles. The summed E-state index contributed by atoms with van der Waals surface area (Å²) in [5, 5.41) is 11.9. The quantitative estimate of drug-likeness (QED) is 0.351. The van der Waals surface area contributed by atoms with E-state index in [1.54, 1.807) is 0 Å². The molecule has 0 spiro atoms. The SMILES string of the molecule is NC[C@@H](O)CCCCCCNc1cc(F)c(S(=O)(=O)Nc2ccc(F)s2)cc1Cl. The molecule has 0 saturated carbocycles. The Morgan fingerprint density at radius 1 is 1.17 bits per heavy atom. The number of rotatable bonds is 12. The summed E-state index contributed by atoms with van der Waals surface area (Å²) in [6, 6.07) is 4.42. The Bertz CT molecular complexity index is 910. The van der Waals surface area contributed by atoms with Crippen LogP contribution < -0.4 is 15.8 Å². The summed E-state index contributed by atoms with van der Waals surface area (Å²) in [6.45, 7) is 0.800. The average molecular weight is 468 g/mol. The highest BCUT2D eigenvalue weighted by atomic mass is 35.5. The molecule has 0 fully saturated rings. The van der Waals surface area contributed by atoms with Gasteiger partial charge >= 0.3 is 0 Å². The largest absolute Gasteiger partial charge is 0.392 e. The summed E-state index contributed by atoms with van der Waals surface area (Å²) in [4.78, 5) is -0.611. The minimum absolute atomic E-state index is 0.0409. The van der Waals surface area contributed by atoms with E-state index < -0.39 is 32.0 Å². The molecule has 6 nitrogen and oxygen atoms in total. The zero-order valence-corrected chi connectivity index (χ0v) is 18.0.